The van der Waals surface area contributed by atoms with Crippen LogP contribution in [-0.4, -0.2) is 55.2 Å². The highest BCUT2D eigenvalue weighted by Gasteiger charge is 2.28. The lowest BCUT2D eigenvalue weighted by Crippen LogP contribution is -2.44. The van der Waals surface area contributed by atoms with Crippen LogP contribution in [0.15, 0.2) is 28.7 Å². The number of halogens is 1. The Kier molecular flexibility index (Phi) is 4.53. The van der Waals surface area contributed by atoms with Crippen molar-refractivity contribution in [1.29, 1.82) is 0 Å². The van der Waals surface area contributed by atoms with Gasteiger partial charge < -0.3 is 4.74 Å². The third-order valence-electron chi connectivity index (χ3n) is 4.10. The molecule has 0 N–H and O–H groups in total. The predicted octanol–water partition coefficient (Wildman–Crippen LogP) is 2.36. The van der Waals surface area contributed by atoms with Crippen LogP contribution < -0.4 is 0 Å². The van der Waals surface area contributed by atoms with Crippen molar-refractivity contribution in [3.8, 4) is 0 Å². The van der Waals surface area contributed by atoms with Crippen LogP contribution in [0.2, 0.25) is 0 Å². The third kappa shape index (κ3) is 3.57. The van der Waals surface area contributed by atoms with E-state index >= 15 is 0 Å². The average molecular weight is 325 g/mol. The SMILES string of the molecule is Brc1cccc(CN2CCC(N3CCOCC3)C2)c1. The van der Waals surface area contributed by atoms with E-state index in [0.29, 0.717) is 0 Å². The van der Waals surface area contributed by atoms with Crippen molar-refractivity contribution in [3.63, 3.8) is 0 Å². The summed E-state index contributed by atoms with van der Waals surface area (Å²) < 4.78 is 6.61. The Morgan fingerprint density at radius 3 is 2.84 bits per heavy atom. The molecule has 0 aromatic heterocycles. The molecule has 0 bridgehead atoms. The summed E-state index contributed by atoms with van der Waals surface area (Å²) in [7, 11) is 0. The number of benzene rings is 1. The summed E-state index contributed by atoms with van der Waals surface area (Å²) in [5.74, 6) is 0. The Morgan fingerprint density at radius 2 is 2.05 bits per heavy atom. The lowest BCUT2D eigenvalue weighted by molar-refractivity contribution is 0.0184. The molecule has 0 radical (unpaired) electrons. The van der Waals surface area contributed by atoms with Crippen LogP contribution in [0, 0.1) is 0 Å². The van der Waals surface area contributed by atoms with Crippen LogP contribution in [0.5, 0.6) is 0 Å². The molecule has 2 aliphatic rings. The predicted molar refractivity (Wildman–Crippen MR) is 80.2 cm³/mol. The van der Waals surface area contributed by atoms with E-state index in [9.17, 15) is 0 Å². The van der Waals surface area contributed by atoms with E-state index in [1.807, 2.05) is 0 Å². The summed E-state index contributed by atoms with van der Waals surface area (Å²) in [6.45, 7) is 7.51. The van der Waals surface area contributed by atoms with Gasteiger partial charge in [0, 0.05) is 43.2 Å². The normalized spacial score (nSPS) is 25.8. The lowest BCUT2D eigenvalue weighted by Gasteiger charge is -2.32. The van der Waals surface area contributed by atoms with Crippen LogP contribution in [-0.2, 0) is 11.3 Å². The fraction of sp³-hybridized carbons (Fsp3) is 0.600. The van der Waals surface area contributed by atoms with Crippen LogP contribution >= 0.6 is 15.9 Å². The first-order valence-electron chi connectivity index (χ1n) is 7.10. The molecule has 4 heteroatoms. The summed E-state index contributed by atoms with van der Waals surface area (Å²) >= 11 is 3.55. The number of morpholine rings is 1. The largest absolute Gasteiger partial charge is 0.379 e. The van der Waals surface area contributed by atoms with E-state index < -0.39 is 0 Å². The van der Waals surface area contributed by atoms with Gasteiger partial charge in [0.05, 0.1) is 13.2 Å². The number of rotatable bonds is 3. The molecule has 1 unspecified atom stereocenters. The second kappa shape index (κ2) is 6.35. The van der Waals surface area contributed by atoms with Gasteiger partial charge in [-0.05, 0) is 24.1 Å². The zero-order valence-electron chi connectivity index (χ0n) is 11.2. The zero-order valence-corrected chi connectivity index (χ0v) is 12.8. The van der Waals surface area contributed by atoms with Crippen LogP contribution in [0.4, 0.5) is 0 Å². The van der Waals surface area contributed by atoms with E-state index in [4.69, 9.17) is 4.74 Å². The second-order valence-corrected chi connectivity index (χ2v) is 6.37. The quantitative estimate of drug-likeness (QED) is 0.848. The number of hydrogen-bond acceptors (Lipinski definition) is 3. The highest BCUT2D eigenvalue weighted by Crippen LogP contribution is 2.20. The molecule has 2 heterocycles. The van der Waals surface area contributed by atoms with Crippen molar-refractivity contribution in [3.05, 3.63) is 34.3 Å². The summed E-state index contributed by atoms with van der Waals surface area (Å²) in [6, 6.07) is 9.38. The molecule has 0 saturated carbocycles. The molecule has 104 valence electrons. The molecular weight excluding hydrogens is 304 g/mol. The monoisotopic (exact) mass is 324 g/mol. The van der Waals surface area contributed by atoms with Crippen LogP contribution in [0.1, 0.15) is 12.0 Å². The summed E-state index contributed by atoms with van der Waals surface area (Å²) in [5.41, 5.74) is 1.40. The Hall–Kier alpha value is -0.420. The number of nitrogens with zero attached hydrogens (tertiary/aromatic N) is 2. The first-order valence-corrected chi connectivity index (χ1v) is 7.89. The van der Waals surface area contributed by atoms with Gasteiger partial charge >= 0.3 is 0 Å². The van der Waals surface area contributed by atoms with E-state index in [2.05, 4.69) is 50.0 Å². The van der Waals surface area contributed by atoms with Gasteiger partial charge in [0.2, 0.25) is 0 Å². The van der Waals surface area contributed by atoms with Gasteiger partial charge in [0.1, 0.15) is 0 Å². The molecule has 0 spiro atoms. The van der Waals surface area contributed by atoms with Crippen LogP contribution in [0.25, 0.3) is 0 Å². The number of hydrogen-bond donors (Lipinski definition) is 0. The van der Waals surface area contributed by atoms with E-state index in [0.717, 1.165) is 38.9 Å². The van der Waals surface area contributed by atoms with Gasteiger partial charge in [0.25, 0.3) is 0 Å². The van der Waals surface area contributed by atoms with E-state index in [-0.39, 0.29) is 0 Å². The maximum absolute atomic E-state index is 5.43. The van der Waals surface area contributed by atoms with E-state index in [1.165, 1.54) is 29.5 Å². The van der Waals surface area contributed by atoms with Crippen molar-refractivity contribution in [2.45, 2.75) is 19.0 Å². The zero-order chi connectivity index (χ0) is 13.1. The number of likely N-dealkylation sites (tertiary alicyclic amines) is 1. The molecule has 1 aromatic rings. The van der Waals surface area contributed by atoms with Crippen molar-refractivity contribution in [2.75, 3.05) is 39.4 Å². The molecule has 2 fully saturated rings. The molecule has 2 aliphatic heterocycles. The molecular formula is C15H21BrN2O. The van der Waals surface area contributed by atoms with Crippen LogP contribution in [0.3, 0.4) is 0 Å². The lowest BCUT2D eigenvalue weighted by atomic mass is 10.2. The minimum Gasteiger partial charge on any atom is -0.379 e. The highest BCUT2D eigenvalue weighted by molar-refractivity contribution is 9.10. The van der Waals surface area contributed by atoms with Crippen molar-refractivity contribution >= 4 is 15.9 Å². The Morgan fingerprint density at radius 1 is 1.21 bits per heavy atom. The topological polar surface area (TPSA) is 15.7 Å². The van der Waals surface area contributed by atoms with Gasteiger partial charge in [-0.3, -0.25) is 9.80 Å². The molecule has 2 saturated heterocycles. The van der Waals surface area contributed by atoms with Crippen molar-refractivity contribution < 1.29 is 4.74 Å². The van der Waals surface area contributed by atoms with Crippen molar-refractivity contribution in [1.82, 2.24) is 9.80 Å². The Bertz CT molecular complexity index is 420. The maximum Gasteiger partial charge on any atom is 0.0594 e. The van der Waals surface area contributed by atoms with Gasteiger partial charge in [-0.1, -0.05) is 28.1 Å². The minimum atomic E-state index is 0.732. The summed E-state index contributed by atoms with van der Waals surface area (Å²) in [5, 5.41) is 0. The minimum absolute atomic E-state index is 0.732. The molecule has 1 aromatic carbocycles. The maximum atomic E-state index is 5.43. The highest BCUT2D eigenvalue weighted by atomic mass is 79.9. The molecule has 3 nitrogen and oxygen atoms in total. The second-order valence-electron chi connectivity index (χ2n) is 5.46. The first-order chi connectivity index (χ1) is 9.31. The smallest absolute Gasteiger partial charge is 0.0594 e. The molecule has 3 rings (SSSR count). The fourth-order valence-corrected chi connectivity index (χ4v) is 3.54. The standard InChI is InChI=1S/C15H21BrN2O/c16-14-3-1-2-13(10-14)11-17-5-4-15(12-17)18-6-8-19-9-7-18/h1-3,10,15H,4-9,11-12H2. The van der Waals surface area contributed by atoms with Crippen molar-refractivity contribution in [2.24, 2.45) is 0 Å². The molecule has 0 aliphatic carbocycles. The van der Waals surface area contributed by atoms with Gasteiger partial charge in [-0.15, -0.1) is 0 Å². The Labute approximate surface area is 123 Å². The molecule has 19 heavy (non-hydrogen) atoms. The third-order valence-corrected chi connectivity index (χ3v) is 4.60. The molecule has 1 atom stereocenters. The van der Waals surface area contributed by atoms with Gasteiger partial charge in [-0.2, -0.15) is 0 Å². The van der Waals surface area contributed by atoms with E-state index in [1.54, 1.807) is 0 Å². The van der Waals surface area contributed by atoms with Gasteiger partial charge in [-0.25, -0.2) is 0 Å². The molecule has 0 amide bonds. The summed E-state index contributed by atoms with van der Waals surface area (Å²) in [4.78, 5) is 5.17. The van der Waals surface area contributed by atoms with Gasteiger partial charge in [0.15, 0.2) is 0 Å². The summed E-state index contributed by atoms with van der Waals surface area (Å²) in [6.07, 6.45) is 1.30. The fourth-order valence-electron chi connectivity index (χ4n) is 3.09. The number of ether oxygens (including phenoxy) is 1. The Balaban J connectivity index is 1.54. The average Bonchev–Trinajstić information content (AvgIpc) is 2.88. The first kappa shape index (κ1) is 13.6.